The number of anilines is 2. The Morgan fingerprint density at radius 1 is 1.35 bits per heavy atom. The molecule has 2 heterocycles. The lowest BCUT2D eigenvalue weighted by Gasteiger charge is -2.18. The molecule has 31 heavy (non-hydrogen) atoms. The highest BCUT2D eigenvalue weighted by atomic mass is 16.5. The van der Waals surface area contributed by atoms with Crippen LogP contribution in [0.25, 0.3) is 6.08 Å². The molecule has 1 fully saturated rings. The van der Waals surface area contributed by atoms with Crippen molar-refractivity contribution in [2.24, 2.45) is 5.92 Å². The second kappa shape index (κ2) is 9.84. The molecule has 0 radical (unpaired) electrons. The summed E-state index contributed by atoms with van der Waals surface area (Å²) in [6, 6.07) is 12.0. The Labute approximate surface area is 185 Å². The minimum atomic E-state index is -0.403. The van der Waals surface area contributed by atoms with Crippen molar-refractivity contribution in [2.45, 2.75) is 40.2 Å². The number of carbonyl (C=O) groups excluding carboxylic acids is 1. The molecule has 164 valence electrons. The van der Waals surface area contributed by atoms with Gasteiger partial charge in [-0.2, -0.15) is 5.26 Å². The van der Waals surface area contributed by atoms with Crippen LogP contribution in [0.4, 0.5) is 11.4 Å². The van der Waals surface area contributed by atoms with E-state index in [1.54, 1.807) is 13.2 Å². The molecule has 1 aromatic heterocycles. The van der Waals surface area contributed by atoms with Gasteiger partial charge in [-0.25, -0.2) is 0 Å². The molecule has 0 saturated carbocycles. The first-order valence-corrected chi connectivity index (χ1v) is 10.8. The maximum atomic E-state index is 12.7. The molecule has 1 aliphatic heterocycles. The fraction of sp³-hybridized carbons (Fsp3) is 0.440. The predicted molar refractivity (Wildman–Crippen MR) is 125 cm³/mol. The highest BCUT2D eigenvalue weighted by Crippen LogP contribution is 2.26. The summed E-state index contributed by atoms with van der Waals surface area (Å²) in [4.78, 5) is 15.1. The molecule has 1 amide bonds. The van der Waals surface area contributed by atoms with Gasteiger partial charge < -0.3 is 19.5 Å². The number of nitrogens with zero attached hydrogens (tertiary/aromatic N) is 3. The van der Waals surface area contributed by atoms with Gasteiger partial charge in [-0.05, 0) is 75.1 Å². The highest BCUT2D eigenvalue weighted by Gasteiger charge is 2.19. The second-order valence-corrected chi connectivity index (χ2v) is 8.51. The van der Waals surface area contributed by atoms with E-state index in [0.717, 1.165) is 35.7 Å². The monoisotopic (exact) mass is 420 g/mol. The van der Waals surface area contributed by atoms with Crippen LogP contribution in [-0.4, -0.2) is 37.3 Å². The third kappa shape index (κ3) is 5.18. The molecule has 0 spiro atoms. The smallest absolute Gasteiger partial charge is 0.266 e. The average Bonchev–Trinajstić information content (AvgIpc) is 3.29. The molecule has 6 heteroatoms. The SMILES string of the molecule is COCC(C)n1c(C)cc(/C=C(/C#N)C(=O)Nc2ccc(N3CCC(C)C3)cc2)c1C. The normalized spacial score (nSPS) is 17.5. The number of ether oxygens (including phenoxy) is 1. The highest BCUT2D eigenvalue weighted by molar-refractivity contribution is 6.09. The third-order valence-corrected chi connectivity index (χ3v) is 5.95. The van der Waals surface area contributed by atoms with Gasteiger partial charge in [0.25, 0.3) is 5.91 Å². The first kappa shape index (κ1) is 22.6. The van der Waals surface area contributed by atoms with Gasteiger partial charge in [0.1, 0.15) is 11.6 Å². The van der Waals surface area contributed by atoms with Gasteiger partial charge in [0, 0.05) is 43.0 Å². The molecule has 2 aromatic rings. The molecule has 1 N–H and O–H groups in total. The summed E-state index contributed by atoms with van der Waals surface area (Å²) >= 11 is 0. The number of hydrogen-bond acceptors (Lipinski definition) is 4. The van der Waals surface area contributed by atoms with Crippen molar-refractivity contribution >= 4 is 23.4 Å². The van der Waals surface area contributed by atoms with E-state index in [9.17, 15) is 10.1 Å². The minimum absolute atomic E-state index is 0.0806. The van der Waals surface area contributed by atoms with Crippen LogP contribution in [0, 0.1) is 31.1 Å². The number of nitrogens with one attached hydrogen (secondary N) is 1. The Hall–Kier alpha value is -3.04. The number of aromatic nitrogens is 1. The Kier molecular flexibility index (Phi) is 7.19. The molecular weight excluding hydrogens is 388 g/mol. The van der Waals surface area contributed by atoms with Gasteiger partial charge in [0.15, 0.2) is 0 Å². The zero-order valence-corrected chi connectivity index (χ0v) is 19.1. The summed E-state index contributed by atoms with van der Waals surface area (Å²) in [6.45, 7) is 11.1. The summed E-state index contributed by atoms with van der Waals surface area (Å²) in [7, 11) is 1.68. The van der Waals surface area contributed by atoms with E-state index in [-0.39, 0.29) is 11.6 Å². The van der Waals surface area contributed by atoms with Crippen LogP contribution < -0.4 is 10.2 Å². The van der Waals surface area contributed by atoms with Crippen molar-refractivity contribution in [3.05, 3.63) is 52.9 Å². The molecule has 1 saturated heterocycles. The zero-order valence-electron chi connectivity index (χ0n) is 19.1. The van der Waals surface area contributed by atoms with E-state index in [2.05, 4.69) is 28.6 Å². The van der Waals surface area contributed by atoms with E-state index in [1.165, 1.54) is 6.42 Å². The van der Waals surface area contributed by atoms with E-state index in [0.29, 0.717) is 18.2 Å². The molecule has 0 aliphatic carbocycles. The fourth-order valence-electron chi connectivity index (χ4n) is 4.37. The standard InChI is InChI=1S/C25H32N4O2/c1-17-10-11-28(15-17)24-8-6-23(7-9-24)27-25(30)22(14-26)13-21-12-18(2)29(20(21)4)19(3)16-31-5/h6-9,12-13,17,19H,10-11,15-16H2,1-5H3,(H,27,30)/b22-13-. The summed E-state index contributed by atoms with van der Waals surface area (Å²) in [5.41, 5.74) is 4.87. The first-order valence-electron chi connectivity index (χ1n) is 10.8. The number of rotatable bonds is 7. The van der Waals surface area contributed by atoms with E-state index in [4.69, 9.17) is 4.74 Å². The summed E-state index contributed by atoms with van der Waals surface area (Å²) in [6.07, 6.45) is 2.87. The van der Waals surface area contributed by atoms with Crippen molar-refractivity contribution in [1.82, 2.24) is 4.57 Å². The van der Waals surface area contributed by atoms with Crippen molar-refractivity contribution in [3.8, 4) is 6.07 Å². The lowest BCUT2D eigenvalue weighted by atomic mass is 10.1. The molecule has 1 aliphatic rings. The van der Waals surface area contributed by atoms with Crippen LogP contribution in [0.5, 0.6) is 0 Å². The number of carbonyl (C=O) groups is 1. The number of aryl methyl sites for hydroxylation is 1. The number of hydrogen-bond donors (Lipinski definition) is 1. The van der Waals surface area contributed by atoms with Gasteiger partial charge in [0.05, 0.1) is 12.6 Å². The largest absolute Gasteiger partial charge is 0.383 e. The van der Waals surface area contributed by atoms with Crippen LogP contribution in [0.1, 0.15) is 43.3 Å². The van der Waals surface area contributed by atoms with Crippen molar-refractivity contribution < 1.29 is 9.53 Å². The average molecular weight is 421 g/mol. The lowest BCUT2D eigenvalue weighted by molar-refractivity contribution is -0.112. The number of methoxy groups -OCH3 is 1. The minimum Gasteiger partial charge on any atom is -0.383 e. The van der Waals surface area contributed by atoms with E-state index in [1.807, 2.05) is 50.2 Å². The summed E-state index contributed by atoms with van der Waals surface area (Å²) < 4.78 is 7.44. The Balaban J connectivity index is 1.74. The second-order valence-electron chi connectivity index (χ2n) is 8.51. The maximum absolute atomic E-state index is 12.7. The maximum Gasteiger partial charge on any atom is 0.266 e. The van der Waals surface area contributed by atoms with Gasteiger partial charge in [-0.15, -0.1) is 0 Å². The van der Waals surface area contributed by atoms with Crippen molar-refractivity contribution in [3.63, 3.8) is 0 Å². The topological polar surface area (TPSA) is 70.3 Å². The number of amides is 1. The molecule has 2 atom stereocenters. The van der Waals surface area contributed by atoms with E-state index >= 15 is 0 Å². The fourth-order valence-corrected chi connectivity index (χ4v) is 4.37. The van der Waals surface area contributed by atoms with Crippen molar-refractivity contribution in [2.75, 3.05) is 37.0 Å². The van der Waals surface area contributed by atoms with Crippen LogP contribution in [-0.2, 0) is 9.53 Å². The van der Waals surface area contributed by atoms with Gasteiger partial charge >= 0.3 is 0 Å². The van der Waals surface area contributed by atoms with Gasteiger partial charge in [0.2, 0.25) is 0 Å². The molecule has 2 unspecified atom stereocenters. The van der Waals surface area contributed by atoms with Crippen molar-refractivity contribution in [1.29, 1.82) is 5.26 Å². The molecule has 0 bridgehead atoms. The lowest BCUT2D eigenvalue weighted by Crippen LogP contribution is -2.19. The molecule has 3 rings (SSSR count). The molecular formula is C25H32N4O2. The number of benzene rings is 1. The quantitative estimate of drug-likeness (QED) is 0.520. The summed E-state index contributed by atoms with van der Waals surface area (Å²) in [5.74, 6) is 0.307. The number of nitriles is 1. The Morgan fingerprint density at radius 2 is 2.06 bits per heavy atom. The van der Waals surface area contributed by atoms with Crippen LogP contribution >= 0.6 is 0 Å². The Morgan fingerprint density at radius 3 is 2.65 bits per heavy atom. The first-order chi connectivity index (χ1) is 14.8. The van der Waals surface area contributed by atoms with Crippen LogP contribution in [0.15, 0.2) is 35.9 Å². The summed E-state index contributed by atoms with van der Waals surface area (Å²) in [5, 5.41) is 12.4. The van der Waals surface area contributed by atoms with Crippen LogP contribution in [0.3, 0.4) is 0 Å². The third-order valence-electron chi connectivity index (χ3n) is 5.95. The Bertz CT molecular complexity index is 998. The van der Waals surface area contributed by atoms with Crippen LogP contribution in [0.2, 0.25) is 0 Å². The molecule has 6 nitrogen and oxygen atoms in total. The van der Waals surface area contributed by atoms with E-state index < -0.39 is 5.91 Å². The predicted octanol–water partition coefficient (Wildman–Crippen LogP) is 4.70. The van der Waals surface area contributed by atoms with Gasteiger partial charge in [-0.1, -0.05) is 6.92 Å². The zero-order chi connectivity index (χ0) is 22.5. The van der Waals surface area contributed by atoms with Gasteiger partial charge in [-0.3, -0.25) is 4.79 Å². The molecule has 1 aromatic carbocycles.